The second kappa shape index (κ2) is 15.0. The standard InChI is InChI=1S/C38H36N6O4/c1-43-35(45)33(23-27-13-17-31(18-14-27)47-25-29-9-5-3-6-10-29)41-37(43)39-21-22-40-38-42-34(36(46)44(38)2)24-28-15-19-32(20-16-28)48-26-30-11-7-4-8-12-30/h3-20,23-24H,21-22,25-26H2,1-2H3,(H,39,41)(H,40,42)/b33-23-,34-24-. The first kappa shape index (κ1) is 31.8. The number of benzene rings is 4. The SMILES string of the molecule is CN1C(=O)/C(=C/c2ccc(OCc3ccccc3)cc2)NC1=NCCN=C1N/C(=C\c2ccc(OCc3ccccc3)cc2)C(=O)N1C. The zero-order chi connectivity index (χ0) is 33.3. The molecule has 2 heterocycles. The molecule has 0 saturated carbocycles. The van der Waals surface area contributed by atoms with Crippen LogP contribution in [-0.4, -0.2) is 60.7 Å². The molecule has 0 bridgehead atoms. The van der Waals surface area contributed by atoms with Gasteiger partial charge in [-0.2, -0.15) is 0 Å². The van der Waals surface area contributed by atoms with Gasteiger partial charge < -0.3 is 20.1 Å². The molecule has 2 saturated heterocycles. The number of nitrogens with zero attached hydrogens (tertiary/aromatic N) is 4. The van der Waals surface area contributed by atoms with Gasteiger partial charge in [-0.15, -0.1) is 0 Å². The van der Waals surface area contributed by atoms with Crippen LogP contribution in [0.15, 0.2) is 131 Å². The van der Waals surface area contributed by atoms with Gasteiger partial charge in [0.05, 0.1) is 13.1 Å². The number of ether oxygens (including phenoxy) is 2. The number of rotatable bonds is 11. The van der Waals surface area contributed by atoms with Gasteiger partial charge in [-0.05, 0) is 58.7 Å². The number of carbonyl (C=O) groups excluding carboxylic acids is 2. The van der Waals surface area contributed by atoms with Crippen LogP contribution in [0.1, 0.15) is 22.3 Å². The number of hydrogen-bond donors (Lipinski definition) is 2. The van der Waals surface area contributed by atoms with Crippen LogP contribution in [0, 0.1) is 0 Å². The molecule has 4 aromatic carbocycles. The Labute approximate surface area is 279 Å². The van der Waals surface area contributed by atoms with Gasteiger partial charge in [0.15, 0.2) is 0 Å². The van der Waals surface area contributed by atoms with Crippen molar-refractivity contribution in [1.82, 2.24) is 20.4 Å². The van der Waals surface area contributed by atoms with Crippen LogP contribution in [0.4, 0.5) is 0 Å². The number of amides is 2. The van der Waals surface area contributed by atoms with Gasteiger partial charge in [0.1, 0.15) is 36.1 Å². The van der Waals surface area contributed by atoms with E-state index in [0.29, 0.717) is 49.6 Å². The summed E-state index contributed by atoms with van der Waals surface area (Å²) in [5.41, 5.74) is 4.75. The fraction of sp³-hybridized carbons (Fsp3) is 0.158. The summed E-state index contributed by atoms with van der Waals surface area (Å²) in [5, 5.41) is 6.22. The number of hydrogen-bond acceptors (Lipinski definition) is 6. The van der Waals surface area contributed by atoms with Gasteiger partial charge in [-0.25, -0.2) is 0 Å². The molecule has 4 aromatic rings. The Bertz CT molecular complexity index is 1730. The van der Waals surface area contributed by atoms with Crippen LogP contribution in [0.25, 0.3) is 12.2 Å². The Morgan fingerprint density at radius 3 is 1.31 bits per heavy atom. The quantitative estimate of drug-likeness (QED) is 0.175. The van der Waals surface area contributed by atoms with Gasteiger partial charge in [0.2, 0.25) is 11.9 Å². The van der Waals surface area contributed by atoms with Crippen molar-refractivity contribution in [1.29, 1.82) is 0 Å². The predicted octanol–water partition coefficient (Wildman–Crippen LogP) is 5.06. The lowest BCUT2D eigenvalue weighted by molar-refractivity contribution is -0.122. The largest absolute Gasteiger partial charge is 0.489 e. The summed E-state index contributed by atoms with van der Waals surface area (Å²) in [6, 6.07) is 35.1. The fourth-order valence-corrected chi connectivity index (χ4v) is 5.00. The number of carbonyl (C=O) groups is 2. The second-order valence-electron chi connectivity index (χ2n) is 11.2. The zero-order valence-corrected chi connectivity index (χ0v) is 26.8. The molecule has 2 amide bonds. The van der Waals surface area contributed by atoms with Gasteiger partial charge >= 0.3 is 0 Å². The Balaban J connectivity index is 1.00. The summed E-state index contributed by atoms with van der Waals surface area (Å²) in [6.07, 6.45) is 3.56. The fourth-order valence-electron chi connectivity index (χ4n) is 5.00. The minimum absolute atomic E-state index is 0.183. The normalized spacial score (nSPS) is 17.8. The maximum absolute atomic E-state index is 12.9. The van der Waals surface area contributed by atoms with Crippen molar-refractivity contribution < 1.29 is 19.1 Å². The van der Waals surface area contributed by atoms with E-state index < -0.39 is 0 Å². The molecule has 0 aliphatic carbocycles. The highest BCUT2D eigenvalue weighted by Crippen LogP contribution is 2.19. The first-order valence-electron chi connectivity index (χ1n) is 15.6. The minimum Gasteiger partial charge on any atom is -0.489 e. The molecule has 0 unspecified atom stereocenters. The molecule has 2 aliphatic rings. The zero-order valence-electron chi connectivity index (χ0n) is 26.8. The third-order valence-corrected chi connectivity index (χ3v) is 7.70. The Hall–Kier alpha value is -6.16. The van der Waals surface area contributed by atoms with Gasteiger partial charge in [0, 0.05) is 14.1 Å². The lowest BCUT2D eigenvalue weighted by atomic mass is 10.2. The number of aliphatic imine (C=N–C) groups is 2. The third kappa shape index (κ3) is 7.97. The smallest absolute Gasteiger partial charge is 0.276 e. The molecule has 10 heteroatoms. The molecule has 0 aromatic heterocycles. The van der Waals surface area contributed by atoms with Crippen molar-refractivity contribution in [2.75, 3.05) is 27.2 Å². The van der Waals surface area contributed by atoms with Crippen molar-refractivity contribution in [3.8, 4) is 11.5 Å². The van der Waals surface area contributed by atoms with Crippen LogP contribution in [0.2, 0.25) is 0 Å². The van der Waals surface area contributed by atoms with Crippen molar-refractivity contribution in [2.24, 2.45) is 9.98 Å². The maximum atomic E-state index is 12.9. The summed E-state index contributed by atoms with van der Waals surface area (Å²) in [6.45, 7) is 1.60. The molecule has 2 N–H and O–H groups in total. The highest BCUT2D eigenvalue weighted by Gasteiger charge is 2.29. The third-order valence-electron chi connectivity index (χ3n) is 7.70. The van der Waals surface area contributed by atoms with E-state index in [0.717, 1.165) is 33.8 Å². The summed E-state index contributed by atoms with van der Waals surface area (Å²) < 4.78 is 11.7. The second-order valence-corrected chi connectivity index (χ2v) is 11.2. The summed E-state index contributed by atoms with van der Waals surface area (Å²) >= 11 is 0. The molecule has 0 radical (unpaired) electrons. The molecular weight excluding hydrogens is 604 g/mol. The monoisotopic (exact) mass is 640 g/mol. The predicted molar refractivity (Wildman–Crippen MR) is 187 cm³/mol. The molecular formula is C38H36N6O4. The first-order chi connectivity index (χ1) is 23.4. The van der Waals surface area contributed by atoms with Crippen LogP contribution < -0.4 is 20.1 Å². The molecule has 0 atom stereocenters. The maximum Gasteiger partial charge on any atom is 0.276 e. The van der Waals surface area contributed by atoms with Crippen LogP contribution >= 0.6 is 0 Å². The van der Waals surface area contributed by atoms with E-state index >= 15 is 0 Å². The molecule has 48 heavy (non-hydrogen) atoms. The van der Waals surface area contributed by atoms with E-state index in [1.165, 1.54) is 9.80 Å². The van der Waals surface area contributed by atoms with Gasteiger partial charge in [0.25, 0.3) is 11.8 Å². The van der Waals surface area contributed by atoms with E-state index in [9.17, 15) is 9.59 Å². The summed E-state index contributed by atoms with van der Waals surface area (Å²) in [7, 11) is 3.34. The average Bonchev–Trinajstić information content (AvgIpc) is 3.54. The first-order valence-corrected chi connectivity index (χ1v) is 15.6. The van der Waals surface area contributed by atoms with Gasteiger partial charge in [-0.1, -0.05) is 84.9 Å². The lowest BCUT2D eigenvalue weighted by Gasteiger charge is -2.08. The highest BCUT2D eigenvalue weighted by molar-refractivity contribution is 6.16. The molecule has 0 spiro atoms. The van der Waals surface area contributed by atoms with E-state index in [2.05, 4.69) is 20.6 Å². The van der Waals surface area contributed by atoms with Crippen molar-refractivity contribution in [3.63, 3.8) is 0 Å². The molecule has 6 rings (SSSR count). The Morgan fingerprint density at radius 2 is 0.938 bits per heavy atom. The lowest BCUT2D eigenvalue weighted by Crippen LogP contribution is -2.29. The van der Waals surface area contributed by atoms with Gasteiger partial charge in [-0.3, -0.25) is 29.4 Å². The van der Waals surface area contributed by atoms with Crippen molar-refractivity contribution >= 4 is 35.9 Å². The summed E-state index contributed by atoms with van der Waals surface area (Å²) in [4.78, 5) is 37.7. The number of likely N-dealkylation sites (N-methyl/N-ethyl adjacent to an activating group) is 2. The van der Waals surface area contributed by atoms with Crippen LogP contribution in [0.3, 0.4) is 0 Å². The number of guanidine groups is 2. The number of nitrogens with one attached hydrogen (secondary N) is 2. The van der Waals surface area contributed by atoms with Crippen molar-refractivity contribution in [3.05, 3.63) is 143 Å². The molecule has 2 aliphatic heterocycles. The molecule has 242 valence electrons. The van der Waals surface area contributed by atoms with E-state index in [4.69, 9.17) is 9.47 Å². The molecule has 2 fully saturated rings. The van der Waals surface area contributed by atoms with E-state index in [-0.39, 0.29) is 11.8 Å². The van der Waals surface area contributed by atoms with Crippen LogP contribution in [-0.2, 0) is 22.8 Å². The molecule has 10 nitrogen and oxygen atoms in total. The van der Waals surface area contributed by atoms with Crippen LogP contribution in [0.5, 0.6) is 11.5 Å². The summed E-state index contributed by atoms with van der Waals surface area (Å²) in [5.74, 6) is 2.01. The minimum atomic E-state index is -0.183. The van der Waals surface area contributed by atoms with E-state index in [1.807, 2.05) is 109 Å². The van der Waals surface area contributed by atoms with E-state index in [1.54, 1.807) is 26.2 Å². The van der Waals surface area contributed by atoms with Crippen molar-refractivity contribution in [2.45, 2.75) is 13.2 Å². The Kier molecular flexibility index (Phi) is 9.91. The topological polar surface area (TPSA) is 108 Å². The average molecular weight is 641 g/mol. The highest BCUT2D eigenvalue weighted by atomic mass is 16.5. The Morgan fingerprint density at radius 1 is 0.562 bits per heavy atom.